The van der Waals surface area contributed by atoms with Gasteiger partial charge in [-0.25, -0.2) is 4.98 Å². The summed E-state index contributed by atoms with van der Waals surface area (Å²) in [7, 11) is 0. The molecule has 0 radical (unpaired) electrons. The summed E-state index contributed by atoms with van der Waals surface area (Å²) in [6, 6.07) is 53.1. The molecule has 0 bridgehead atoms. The summed E-state index contributed by atoms with van der Waals surface area (Å²) in [5.74, 6) is 2.12. The van der Waals surface area contributed by atoms with Gasteiger partial charge in [-0.3, -0.25) is 4.57 Å². The summed E-state index contributed by atoms with van der Waals surface area (Å²) in [4.78, 5) is 9.93. The van der Waals surface area contributed by atoms with Crippen LogP contribution in [0.5, 0.6) is 11.6 Å². The smallest absolute Gasteiger partial charge is 0.221 e. The standard InChI is InChI=1S/C45H38BN3O/c1-45(2,3)33-27-28-47-41(29-33)49-40-24-12-11-21-38(40)39-25-26-42(48-44(39)49)50-35-20-13-19-34(30-35)46(4)43-36(31-15-7-5-8-16-31)22-14-23-37(43)32-17-9-6-10-18-32/h5-30H,1-4H3. The van der Waals surface area contributed by atoms with Gasteiger partial charge in [0.25, 0.3) is 0 Å². The molecule has 0 aliphatic rings. The van der Waals surface area contributed by atoms with Gasteiger partial charge < -0.3 is 4.74 Å². The lowest BCUT2D eigenvalue weighted by atomic mass is 9.40. The van der Waals surface area contributed by atoms with E-state index in [-0.39, 0.29) is 12.1 Å². The predicted molar refractivity (Wildman–Crippen MR) is 210 cm³/mol. The topological polar surface area (TPSA) is 39.9 Å². The quantitative estimate of drug-likeness (QED) is 0.162. The highest BCUT2D eigenvalue weighted by molar-refractivity contribution is 6.86. The normalized spacial score (nSPS) is 11.6. The van der Waals surface area contributed by atoms with Crippen LogP contribution in [0, 0.1) is 0 Å². The highest BCUT2D eigenvalue weighted by Crippen LogP contribution is 2.34. The first-order valence-corrected chi connectivity index (χ1v) is 17.2. The van der Waals surface area contributed by atoms with E-state index in [1.165, 1.54) is 38.7 Å². The Kier molecular flexibility index (Phi) is 8.04. The van der Waals surface area contributed by atoms with Gasteiger partial charge in [0.1, 0.15) is 11.6 Å². The molecule has 0 unspecified atom stereocenters. The molecule has 0 atom stereocenters. The molecule has 5 heteroatoms. The zero-order valence-electron chi connectivity index (χ0n) is 28.8. The lowest BCUT2D eigenvalue weighted by Crippen LogP contribution is -2.41. The number of nitrogens with zero attached hydrogens (tertiary/aromatic N) is 3. The Balaban J connectivity index is 1.20. The maximum absolute atomic E-state index is 6.56. The van der Waals surface area contributed by atoms with Gasteiger partial charge in [0.15, 0.2) is 5.65 Å². The molecule has 4 nitrogen and oxygen atoms in total. The van der Waals surface area contributed by atoms with Gasteiger partial charge in [0.05, 0.1) is 5.52 Å². The third-order valence-electron chi connectivity index (χ3n) is 9.63. The fraction of sp³-hybridized carbons (Fsp3) is 0.111. The van der Waals surface area contributed by atoms with Crippen LogP contribution in [0.2, 0.25) is 6.82 Å². The van der Waals surface area contributed by atoms with Gasteiger partial charge in [-0.05, 0) is 69.6 Å². The van der Waals surface area contributed by atoms with Crippen molar-refractivity contribution in [3.8, 4) is 39.7 Å². The number of fused-ring (bicyclic) bond motifs is 3. The number of pyridine rings is 2. The van der Waals surface area contributed by atoms with E-state index in [0.29, 0.717) is 5.88 Å². The van der Waals surface area contributed by atoms with Crippen LogP contribution < -0.4 is 15.7 Å². The van der Waals surface area contributed by atoms with Gasteiger partial charge >= 0.3 is 0 Å². The van der Waals surface area contributed by atoms with Crippen molar-refractivity contribution in [1.29, 1.82) is 0 Å². The summed E-state index contributed by atoms with van der Waals surface area (Å²) < 4.78 is 8.71. The molecule has 0 spiro atoms. The highest BCUT2D eigenvalue weighted by Gasteiger charge is 2.23. The Labute approximate surface area is 294 Å². The predicted octanol–water partition coefficient (Wildman–Crippen LogP) is 10.2. The SMILES string of the molecule is CB(c1cccc(Oc2ccc3c4ccccc4n(-c4cc(C(C)(C)C)ccn4)c3n2)c1)c1c(-c2ccccc2)cccc1-c1ccccc1. The van der Waals surface area contributed by atoms with E-state index in [2.05, 4.69) is 172 Å². The monoisotopic (exact) mass is 647 g/mol. The Morgan fingerprint density at radius 1 is 0.620 bits per heavy atom. The second-order valence-corrected chi connectivity index (χ2v) is 13.9. The summed E-state index contributed by atoms with van der Waals surface area (Å²) in [5.41, 5.74) is 10.4. The van der Waals surface area contributed by atoms with E-state index in [4.69, 9.17) is 14.7 Å². The van der Waals surface area contributed by atoms with Crippen molar-refractivity contribution in [3.63, 3.8) is 0 Å². The van der Waals surface area contributed by atoms with Crippen LogP contribution in [0.25, 0.3) is 50.0 Å². The molecule has 5 aromatic carbocycles. The first-order chi connectivity index (χ1) is 24.3. The number of hydrogen-bond donors (Lipinski definition) is 0. The molecule has 242 valence electrons. The largest absolute Gasteiger partial charge is 0.439 e. The second kappa shape index (κ2) is 12.8. The molecule has 0 saturated heterocycles. The first-order valence-electron chi connectivity index (χ1n) is 17.2. The van der Waals surface area contributed by atoms with Crippen molar-refractivity contribution in [3.05, 3.63) is 163 Å². The maximum atomic E-state index is 6.56. The van der Waals surface area contributed by atoms with E-state index in [1.807, 2.05) is 18.3 Å². The van der Waals surface area contributed by atoms with Crippen LogP contribution in [0.1, 0.15) is 26.3 Å². The fourth-order valence-corrected chi connectivity index (χ4v) is 7.02. The molecule has 0 amide bonds. The van der Waals surface area contributed by atoms with Crippen LogP contribution in [-0.2, 0) is 5.41 Å². The van der Waals surface area contributed by atoms with Crippen LogP contribution in [-0.4, -0.2) is 21.2 Å². The minimum Gasteiger partial charge on any atom is -0.439 e. The fourth-order valence-electron chi connectivity index (χ4n) is 7.02. The van der Waals surface area contributed by atoms with Crippen LogP contribution >= 0.6 is 0 Å². The van der Waals surface area contributed by atoms with Gasteiger partial charge in [-0.2, -0.15) is 4.98 Å². The second-order valence-electron chi connectivity index (χ2n) is 13.9. The highest BCUT2D eigenvalue weighted by atomic mass is 16.5. The Bertz CT molecular complexity index is 2410. The Hall–Kier alpha value is -5.94. The van der Waals surface area contributed by atoms with Crippen molar-refractivity contribution in [2.24, 2.45) is 0 Å². The van der Waals surface area contributed by atoms with Crippen molar-refractivity contribution in [1.82, 2.24) is 14.5 Å². The molecule has 0 N–H and O–H groups in total. The number of para-hydroxylation sites is 1. The summed E-state index contributed by atoms with van der Waals surface area (Å²) in [6.07, 6.45) is 1.89. The third-order valence-corrected chi connectivity index (χ3v) is 9.63. The minimum atomic E-state index is -0.0101. The van der Waals surface area contributed by atoms with Crippen molar-refractivity contribution < 1.29 is 4.74 Å². The molecular weight excluding hydrogens is 609 g/mol. The molecule has 3 aromatic heterocycles. The number of aromatic nitrogens is 3. The Morgan fingerprint density at radius 3 is 1.98 bits per heavy atom. The molecule has 50 heavy (non-hydrogen) atoms. The average molecular weight is 648 g/mol. The maximum Gasteiger partial charge on any atom is 0.221 e. The molecule has 0 aliphatic heterocycles. The number of ether oxygens (including phenoxy) is 1. The zero-order chi connectivity index (χ0) is 34.2. The van der Waals surface area contributed by atoms with E-state index in [1.54, 1.807) is 0 Å². The van der Waals surface area contributed by atoms with Crippen molar-refractivity contribution in [2.45, 2.75) is 33.0 Å². The number of hydrogen-bond acceptors (Lipinski definition) is 3. The zero-order valence-corrected chi connectivity index (χ0v) is 28.8. The summed E-state index contributed by atoms with van der Waals surface area (Å²) in [6.45, 7) is 9.04. The first kappa shape index (κ1) is 31.3. The molecule has 0 fully saturated rings. The van der Waals surface area contributed by atoms with Crippen LogP contribution in [0.3, 0.4) is 0 Å². The molecular formula is C45H38BN3O. The van der Waals surface area contributed by atoms with E-state index < -0.39 is 0 Å². The van der Waals surface area contributed by atoms with Crippen molar-refractivity contribution >= 4 is 39.6 Å². The molecule has 0 saturated carbocycles. The summed E-state index contributed by atoms with van der Waals surface area (Å²) >= 11 is 0. The molecule has 8 aromatic rings. The van der Waals surface area contributed by atoms with E-state index in [0.717, 1.165) is 33.5 Å². The molecule has 0 aliphatic carbocycles. The molecule has 3 heterocycles. The Morgan fingerprint density at radius 2 is 1.28 bits per heavy atom. The van der Waals surface area contributed by atoms with Gasteiger partial charge in [0, 0.05) is 23.0 Å². The van der Waals surface area contributed by atoms with Gasteiger partial charge in [-0.15, -0.1) is 0 Å². The summed E-state index contributed by atoms with van der Waals surface area (Å²) in [5, 5.41) is 2.19. The minimum absolute atomic E-state index is 0.0101. The van der Waals surface area contributed by atoms with E-state index >= 15 is 0 Å². The number of benzene rings is 5. The van der Waals surface area contributed by atoms with Crippen LogP contribution in [0.4, 0.5) is 0 Å². The lowest BCUT2D eigenvalue weighted by Gasteiger charge is -2.20. The number of rotatable bonds is 7. The van der Waals surface area contributed by atoms with Crippen molar-refractivity contribution in [2.75, 3.05) is 0 Å². The van der Waals surface area contributed by atoms with E-state index in [9.17, 15) is 0 Å². The third kappa shape index (κ3) is 5.86. The lowest BCUT2D eigenvalue weighted by molar-refractivity contribution is 0.465. The van der Waals surface area contributed by atoms with Gasteiger partial charge in [-0.1, -0.05) is 148 Å². The molecule has 8 rings (SSSR count). The van der Waals surface area contributed by atoms with Crippen LogP contribution in [0.15, 0.2) is 158 Å². The van der Waals surface area contributed by atoms with Gasteiger partial charge in [0.2, 0.25) is 12.6 Å². The average Bonchev–Trinajstić information content (AvgIpc) is 3.48.